The Kier molecular flexibility index (Phi) is 2.97. The molecule has 0 aliphatic rings. The highest BCUT2D eigenvalue weighted by molar-refractivity contribution is 5.88. The van der Waals surface area contributed by atoms with E-state index >= 15 is 0 Å². The highest BCUT2D eigenvalue weighted by Gasteiger charge is 1.95. The molecule has 0 saturated heterocycles. The van der Waals surface area contributed by atoms with Crippen molar-refractivity contribution in [3.63, 3.8) is 0 Å². The fraction of sp³-hybridized carbons (Fsp3) is 0. The van der Waals surface area contributed by atoms with Crippen LogP contribution in [-0.2, 0) is 4.79 Å². The summed E-state index contributed by atoms with van der Waals surface area (Å²) in [4.78, 5) is 20.7. The van der Waals surface area contributed by atoms with E-state index in [0.29, 0.717) is 17.4 Å². The molecule has 0 saturated carbocycles. The van der Waals surface area contributed by atoms with E-state index in [1.54, 1.807) is 24.3 Å². The molecule has 0 fully saturated rings. The van der Waals surface area contributed by atoms with Crippen LogP contribution in [0, 0.1) is 0 Å². The first kappa shape index (κ1) is 9.19. The van der Waals surface area contributed by atoms with E-state index in [1.165, 1.54) is 6.08 Å². The minimum absolute atomic E-state index is 0.486. The van der Waals surface area contributed by atoms with Gasteiger partial charge in [0.15, 0.2) is 6.29 Å². The second-order valence-electron chi connectivity index (χ2n) is 2.42. The molecule has 0 radical (unpaired) electrons. The average Bonchev–Trinajstić information content (AvgIpc) is 2.15. The second kappa shape index (κ2) is 4.21. The topological polar surface area (TPSA) is 54.4 Å². The van der Waals surface area contributed by atoms with Crippen molar-refractivity contribution >= 4 is 18.3 Å². The van der Waals surface area contributed by atoms with E-state index in [9.17, 15) is 9.59 Å². The van der Waals surface area contributed by atoms with Crippen molar-refractivity contribution in [2.24, 2.45) is 0 Å². The first-order valence-electron chi connectivity index (χ1n) is 3.69. The number of carbonyl (C=O) groups excluding carboxylic acids is 1. The molecule has 1 aromatic carbocycles. The fourth-order valence-electron chi connectivity index (χ4n) is 0.931. The Bertz CT molecular complexity index is 353. The molecule has 0 amide bonds. The van der Waals surface area contributed by atoms with Crippen LogP contribution >= 0.6 is 0 Å². The molecule has 0 spiro atoms. The van der Waals surface area contributed by atoms with Gasteiger partial charge in [0, 0.05) is 11.6 Å². The zero-order chi connectivity index (χ0) is 9.68. The third kappa shape index (κ3) is 2.56. The van der Waals surface area contributed by atoms with Gasteiger partial charge in [0.25, 0.3) is 0 Å². The summed E-state index contributed by atoms with van der Waals surface area (Å²) in [6.45, 7) is 0. The summed E-state index contributed by atoms with van der Waals surface area (Å²) in [5.74, 6) is -1.03. The van der Waals surface area contributed by atoms with Gasteiger partial charge in [-0.05, 0) is 11.6 Å². The fourth-order valence-corrected chi connectivity index (χ4v) is 0.931. The maximum atomic E-state index is 10.5. The number of benzene rings is 1. The number of hydrogen-bond acceptors (Lipinski definition) is 2. The summed E-state index contributed by atoms with van der Waals surface area (Å²) in [5.41, 5.74) is 1.10. The van der Waals surface area contributed by atoms with Crippen molar-refractivity contribution in [3.8, 4) is 0 Å². The molecule has 0 aliphatic heterocycles. The molecule has 0 heterocycles. The zero-order valence-corrected chi connectivity index (χ0v) is 6.81. The summed E-state index contributed by atoms with van der Waals surface area (Å²) >= 11 is 0. The van der Waals surface area contributed by atoms with E-state index in [0.717, 1.165) is 6.08 Å². The quantitative estimate of drug-likeness (QED) is 0.562. The van der Waals surface area contributed by atoms with Crippen molar-refractivity contribution in [3.05, 3.63) is 41.5 Å². The van der Waals surface area contributed by atoms with Crippen LogP contribution in [0.3, 0.4) is 0 Å². The maximum Gasteiger partial charge on any atom is 0.328 e. The predicted molar refractivity (Wildman–Crippen MR) is 48.5 cm³/mol. The number of aldehydes is 1. The predicted octanol–water partition coefficient (Wildman–Crippen LogP) is 1.60. The second-order valence-corrected chi connectivity index (χ2v) is 2.42. The number of aliphatic carboxylic acids is 1. The van der Waals surface area contributed by atoms with Crippen LogP contribution in [0.5, 0.6) is 0 Å². The standard InChI is InChI=1S/C10H8O3/c11-7-9-4-2-1-3-8(9)5-6-10(12)13/h1-7H,(H,12,13)/b6-5-. The number of rotatable bonds is 3. The Balaban J connectivity index is 3.00. The molecular formula is C10H8O3. The molecule has 1 aromatic rings. The molecule has 13 heavy (non-hydrogen) atoms. The first-order chi connectivity index (χ1) is 6.24. The first-order valence-corrected chi connectivity index (χ1v) is 3.69. The van der Waals surface area contributed by atoms with Crippen LogP contribution in [0.25, 0.3) is 6.08 Å². The van der Waals surface area contributed by atoms with Gasteiger partial charge in [-0.3, -0.25) is 4.79 Å². The number of hydrogen-bond donors (Lipinski definition) is 1. The lowest BCUT2D eigenvalue weighted by molar-refractivity contribution is -0.131. The highest BCUT2D eigenvalue weighted by Crippen LogP contribution is 2.07. The van der Waals surface area contributed by atoms with Crippen LogP contribution in [0.15, 0.2) is 30.3 Å². The lowest BCUT2D eigenvalue weighted by Crippen LogP contribution is -1.88. The third-order valence-electron chi connectivity index (χ3n) is 1.53. The van der Waals surface area contributed by atoms with E-state index < -0.39 is 5.97 Å². The summed E-state index contributed by atoms with van der Waals surface area (Å²) in [7, 11) is 0. The minimum Gasteiger partial charge on any atom is -0.478 e. The van der Waals surface area contributed by atoms with E-state index in [2.05, 4.69) is 0 Å². The van der Waals surface area contributed by atoms with E-state index in [1.807, 2.05) is 0 Å². The van der Waals surface area contributed by atoms with Gasteiger partial charge >= 0.3 is 5.97 Å². The molecule has 0 aliphatic carbocycles. The Hall–Kier alpha value is -1.90. The van der Waals surface area contributed by atoms with Crippen LogP contribution < -0.4 is 0 Å². The van der Waals surface area contributed by atoms with Gasteiger partial charge < -0.3 is 5.11 Å². The zero-order valence-electron chi connectivity index (χ0n) is 6.81. The van der Waals surface area contributed by atoms with Crippen molar-refractivity contribution in [1.82, 2.24) is 0 Å². The Morgan fingerprint density at radius 2 is 1.85 bits per heavy atom. The molecule has 1 N–H and O–H groups in total. The SMILES string of the molecule is O=Cc1ccccc1/C=C\C(=O)O. The molecular weight excluding hydrogens is 168 g/mol. The molecule has 0 aromatic heterocycles. The van der Waals surface area contributed by atoms with Gasteiger partial charge in [0.1, 0.15) is 0 Å². The molecule has 0 bridgehead atoms. The minimum atomic E-state index is -1.03. The monoisotopic (exact) mass is 176 g/mol. The Labute approximate surface area is 75.3 Å². The normalized spacial score (nSPS) is 10.2. The summed E-state index contributed by atoms with van der Waals surface area (Å²) in [6, 6.07) is 6.79. The molecule has 3 nitrogen and oxygen atoms in total. The van der Waals surface area contributed by atoms with E-state index in [-0.39, 0.29) is 0 Å². The molecule has 66 valence electrons. The third-order valence-corrected chi connectivity index (χ3v) is 1.53. The van der Waals surface area contributed by atoms with Gasteiger partial charge in [-0.25, -0.2) is 4.79 Å². The summed E-state index contributed by atoms with van der Waals surface area (Å²) in [5, 5.41) is 8.36. The number of carboxylic acids is 1. The van der Waals surface area contributed by atoms with Crippen molar-refractivity contribution in [2.75, 3.05) is 0 Å². The van der Waals surface area contributed by atoms with Crippen molar-refractivity contribution < 1.29 is 14.7 Å². The highest BCUT2D eigenvalue weighted by atomic mass is 16.4. The Morgan fingerprint density at radius 3 is 2.38 bits per heavy atom. The number of carboxylic acid groups (broad SMARTS) is 1. The van der Waals surface area contributed by atoms with Crippen LogP contribution in [0.1, 0.15) is 15.9 Å². The largest absolute Gasteiger partial charge is 0.478 e. The van der Waals surface area contributed by atoms with Gasteiger partial charge in [0.05, 0.1) is 0 Å². The van der Waals surface area contributed by atoms with Gasteiger partial charge in [0.2, 0.25) is 0 Å². The van der Waals surface area contributed by atoms with Gasteiger partial charge in [-0.15, -0.1) is 0 Å². The molecule has 3 heteroatoms. The van der Waals surface area contributed by atoms with Gasteiger partial charge in [-0.1, -0.05) is 24.3 Å². The summed E-state index contributed by atoms with van der Waals surface area (Å²) in [6.07, 6.45) is 3.09. The van der Waals surface area contributed by atoms with Crippen molar-refractivity contribution in [2.45, 2.75) is 0 Å². The van der Waals surface area contributed by atoms with E-state index in [4.69, 9.17) is 5.11 Å². The molecule has 0 unspecified atom stereocenters. The number of carbonyl (C=O) groups is 2. The lowest BCUT2D eigenvalue weighted by atomic mass is 10.1. The Morgan fingerprint density at radius 1 is 1.23 bits per heavy atom. The van der Waals surface area contributed by atoms with Crippen LogP contribution in [-0.4, -0.2) is 17.4 Å². The van der Waals surface area contributed by atoms with Gasteiger partial charge in [-0.2, -0.15) is 0 Å². The smallest absolute Gasteiger partial charge is 0.328 e. The molecule has 1 rings (SSSR count). The maximum absolute atomic E-state index is 10.5. The van der Waals surface area contributed by atoms with Crippen molar-refractivity contribution in [1.29, 1.82) is 0 Å². The lowest BCUT2D eigenvalue weighted by Gasteiger charge is -1.95. The average molecular weight is 176 g/mol. The molecule has 0 atom stereocenters. The van der Waals surface area contributed by atoms with Crippen LogP contribution in [0.2, 0.25) is 0 Å². The van der Waals surface area contributed by atoms with Crippen LogP contribution in [0.4, 0.5) is 0 Å². The summed E-state index contributed by atoms with van der Waals surface area (Å²) < 4.78 is 0.